The molecule has 1 fully saturated rings. The minimum Gasteiger partial charge on any atom is -0.338 e. The lowest BCUT2D eigenvalue weighted by atomic mass is 9.92. The number of pyridine rings is 1. The molecule has 0 radical (unpaired) electrons. The predicted octanol–water partition coefficient (Wildman–Crippen LogP) is 3.16. The first-order valence-corrected chi connectivity index (χ1v) is 9.48. The van der Waals surface area contributed by atoms with E-state index >= 15 is 0 Å². The molecule has 4 rings (SSSR count). The average Bonchev–Trinajstić information content (AvgIpc) is 2.74. The third-order valence-corrected chi connectivity index (χ3v) is 5.27. The maximum atomic E-state index is 13.5. The van der Waals surface area contributed by atoms with Gasteiger partial charge < -0.3 is 9.88 Å². The maximum Gasteiger partial charge on any atom is 0.256 e. The Morgan fingerprint density at radius 1 is 1.18 bits per heavy atom. The molecule has 1 aliphatic heterocycles. The number of benzene rings is 1. The zero-order chi connectivity index (χ0) is 19.5. The quantitative estimate of drug-likeness (QED) is 0.764. The highest BCUT2D eigenvalue weighted by Crippen LogP contribution is 2.30. The molecular weight excluding hydrogens is 352 g/mol. The second-order valence-corrected chi connectivity index (χ2v) is 7.11. The zero-order valence-electron chi connectivity index (χ0n) is 15.8. The fraction of sp³-hybridized carbons (Fsp3) is 0.273. The number of carbonyl (C=O) groups is 1. The van der Waals surface area contributed by atoms with Crippen LogP contribution in [0.25, 0.3) is 11.1 Å². The second kappa shape index (κ2) is 7.76. The first-order valence-electron chi connectivity index (χ1n) is 9.48. The molecule has 3 aromatic rings. The van der Waals surface area contributed by atoms with E-state index in [1.165, 1.54) is 12.4 Å². The number of hydrogen-bond donors (Lipinski definition) is 1. The highest BCUT2D eigenvalue weighted by Gasteiger charge is 2.29. The van der Waals surface area contributed by atoms with Crippen LogP contribution in [0.5, 0.6) is 0 Å². The SMILES string of the molecule is Cc1nccc(-c2ccccc2)c1C(=O)N1CCCC(c2cc(=O)[nH]cn2)C1. The number of aromatic amines is 1. The molecule has 0 aliphatic carbocycles. The summed E-state index contributed by atoms with van der Waals surface area (Å²) < 4.78 is 0. The van der Waals surface area contributed by atoms with Crippen LogP contribution >= 0.6 is 0 Å². The van der Waals surface area contributed by atoms with Crippen LogP contribution in [0.4, 0.5) is 0 Å². The van der Waals surface area contributed by atoms with E-state index in [9.17, 15) is 9.59 Å². The summed E-state index contributed by atoms with van der Waals surface area (Å²) in [5.74, 6) is 0.0520. The van der Waals surface area contributed by atoms with Gasteiger partial charge in [-0.3, -0.25) is 14.6 Å². The van der Waals surface area contributed by atoms with Crippen LogP contribution in [0.2, 0.25) is 0 Å². The number of aromatic nitrogens is 3. The molecule has 142 valence electrons. The summed E-state index contributed by atoms with van der Waals surface area (Å²) in [4.78, 5) is 38.2. The van der Waals surface area contributed by atoms with Crippen molar-refractivity contribution in [2.24, 2.45) is 0 Å². The minimum absolute atomic E-state index is 0.0148. The van der Waals surface area contributed by atoms with E-state index in [0.29, 0.717) is 18.7 Å². The van der Waals surface area contributed by atoms with Gasteiger partial charge in [-0.1, -0.05) is 30.3 Å². The monoisotopic (exact) mass is 374 g/mol. The standard InChI is InChI=1S/C22H22N4O2/c1-15-21(18(9-10-23-15)16-6-3-2-4-7-16)22(28)26-11-5-8-17(13-26)19-12-20(27)25-14-24-19/h2-4,6-7,9-10,12,14,17H,5,8,11,13H2,1H3,(H,24,25,27). The Morgan fingerprint density at radius 2 is 2.00 bits per heavy atom. The Bertz CT molecular complexity index is 1050. The number of likely N-dealkylation sites (tertiary alicyclic amines) is 1. The van der Waals surface area contributed by atoms with Crippen molar-refractivity contribution < 1.29 is 4.79 Å². The van der Waals surface area contributed by atoms with Gasteiger partial charge in [-0.05, 0) is 37.0 Å². The van der Waals surface area contributed by atoms with Gasteiger partial charge in [0, 0.05) is 31.3 Å². The molecule has 0 spiro atoms. The largest absolute Gasteiger partial charge is 0.338 e. The van der Waals surface area contributed by atoms with Crippen LogP contribution in [0.15, 0.2) is 59.8 Å². The van der Waals surface area contributed by atoms with Gasteiger partial charge in [0.05, 0.1) is 23.3 Å². The van der Waals surface area contributed by atoms with Crippen molar-refractivity contribution in [1.29, 1.82) is 0 Å². The van der Waals surface area contributed by atoms with Crippen molar-refractivity contribution in [1.82, 2.24) is 19.9 Å². The Kier molecular flexibility index (Phi) is 5.02. The van der Waals surface area contributed by atoms with E-state index in [4.69, 9.17) is 0 Å². The van der Waals surface area contributed by atoms with Crippen molar-refractivity contribution in [3.8, 4) is 11.1 Å². The van der Waals surface area contributed by atoms with E-state index in [1.54, 1.807) is 6.20 Å². The zero-order valence-corrected chi connectivity index (χ0v) is 15.8. The molecule has 28 heavy (non-hydrogen) atoms. The molecule has 1 N–H and O–H groups in total. The average molecular weight is 374 g/mol. The predicted molar refractivity (Wildman–Crippen MR) is 107 cm³/mol. The van der Waals surface area contributed by atoms with E-state index < -0.39 is 0 Å². The van der Waals surface area contributed by atoms with E-state index in [1.807, 2.05) is 48.2 Å². The molecule has 6 heteroatoms. The molecule has 1 aromatic carbocycles. The summed E-state index contributed by atoms with van der Waals surface area (Å²) in [5.41, 5.74) is 3.85. The number of aryl methyl sites for hydroxylation is 1. The van der Waals surface area contributed by atoms with Gasteiger partial charge in [-0.25, -0.2) is 4.98 Å². The lowest BCUT2D eigenvalue weighted by molar-refractivity contribution is 0.0705. The highest BCUT2D eigenvalue weighted by atomic mass is 16.2. The Morgan fingerprint density at radius 3 is 2.79 bits per heavy atom. The Balaban J connectivity index is 1.65. The summed E-state index contributed by atoms with van der Waals surface area (Å²) in [7, 11) is 0. The Hall–Kier alpha value is -3.28. The highest BCUT2D eigenvalue weighted by molar-refractivity contribution is 6.01. The maximum absolute atomic E-state index is 13.5. The van der Waals surface area contributed by atoms with Crippen LogP contribution in [0, 0.1) is 6.92 Å². The third-order valence-electron chi connectivity index (χ3n) is 5.27. The molecule has 1 saturated heterocycles. The number of amides is 1. The smallest absolute Gasteiger partial charge is 0.256 e. The van der Waals surface area contributed by atoms with Crippen LogP contribution in [0.3, 0.4) is 0 Å². The number of nitrogens with zero attached hydrogens (tertiary/aromatic N) is 3. The number of H-pyrrole nitrogens is 1. The summed E-state index contributed by atoms with van der Waals surface area (Å²) in [6.07, 6.45) is 4.97. The van der Waals surface area contributed by atoms with Crippen molar-refractivity contribution in [3.63, 3.8) is 0 Å². The molecule has 3 heterocycles. The first-order chi connectivity index (χ1) is 13.6. The van der Waals surface area contributed by atoms with Crippen molar-refractivity contribution in [2.45, 2.75) is 25.7 Å². The third kappa shape index (κ3) is 3.58. The van der Waals surface area contributed by atoms with Gasteiger partial charge in [-0.15, -0.1) is 0 Å². The lowest BCUT2D eigenvalue weighted by Crippen LogP contribution is -2.40. The van der Waals surface area contributed by atoms with Gasteiger partial charge in [0.1, 0.15) is 0 Å². The molecular formula is C22H22N4O2. The van der Waals surface area contributed by atoms with E-state index in [-0.39, 0.29) is 17.4 Å². The van der Waals surface area contributed by atoms with Crippen LogP contribution < -0.4 is 5.56 Å². The molecule has 1 unspecified atom stereocenters. The van der Waals surface area contributed by atoms with Crippen molar-refractivity contribution in [3.05, 3.63) is 82.3 Å². The number of piperidine rings is 1. The van der Waals surface area contributed by atoms with Crippen molar-refractivity contribution >= 4 is 5.91 Å². The minimum atomic E-state index is -0.164. The molecule has 6 nitrogen and oxygen atoms in total. The van der Waals surface area contributed by atoms with Gasteiger partial charge in [0.15, 0.2) is 0 Å². The number of carbonyl (C=O) groups excluding carboxylic acids is 1. The summed E-state index contributed by atoms with van der Waals surface area (Å²) >= 11 is 0. The van der Waals surface area contributed by atoms with Crippen LogP contribution in [-0.4, -0.2) is 38.8 Å². The van der Waals surface area contributed by atoms with Gasteiger partial charge in [0.25, 0.3) is 11.5 Å². The van der Waals surface area contributed by atoms with E-state index in [0.717, 1.165) is 35.4 Å². The molecule has 1 amide bonds. The number of rotatable bonds is 3. The summed E-state index contributed by atoms with van der Waals surface area (Å²) in [5, 5.41) is 0. The number of hydrogen-bond acceptors (Lipinski definition) is 4. The van der Waals surface area contributed by atoms with Crippen LogP contribution in [-0.2, 0) is 0 Å². The Labute approximate surface area is 163 Å². The fourth-order valence-corrected chi connectivity index (χ4v) is 3.86. The van der Waals surface area contributed by atoms with Crippen LogP contribution in [0.1, 0.15) is 40.5 Å². The topological polar surface area (TPSA) is 79.0 Å². The molecule has 0 saturated carbocycles. The fourth-order valence-electron chi connectivity index (χ4n) is 3.86. The van der Waals surface area contributed by atoms with Gasteiger partial charge in [-0.2, -0.15) is 0 Å². The summed E-state index contributed by atoms with van der Waals surface area (Å²) in [6.45, 7) is 3.12. The number of nitrogens with one attached hydrogen (secondary N) is 1. The summed E-state index contributed by atoms with van der Waals surface area (Å²) in [6, 6.07) is 13.3. The lowest BCUT2D eigenvalue weighted by Gasteiger charge is -2.33. The van der Waals surface area contributed by atoms with Gasteiger partial charge in [0.2, 0.25) is 0 Å². The van der Waals surface area contributed by atoms with E-state index in [2.05, 4.69) is 15.0 Å². The van der Waals surface area contributed by atoms with Gasteiger partial charge >= 0.3 is 0 Å². The molecule has 2 aromatic heterocycles. The van der Waals surface area contributed by atoms with Crippen molar-refractivity contribution in [2.75, 3.05) is 13.1 Å². The molecule has 1 aliphatic rings. The molecule has 1 atom stereocenters. The second-order valence-electron chi connectivity index (χ2n) is 7.11. The normalized spacial score (nSPS) is 16.8. The molecule has 0 bridgehead atoms. The first kappa shape index (κ1) is 18.1.